The molecule has 1 aromatic heterocycles. The van der Waals surface area contributed by atoms with Gasteiger partial charge in [0.2, 0.25) is 0 Å². The summed E-state index contributed by atoms with van der Waals surface area (Å²) in [6.07, 6.45) is 4.06. The van der Waals surface area contributed by atoms with Gasteiger partial charge >= 0.3 is 17.9 Å². The highest BCUT2D eigenvalue weighted by Gasteiger charge is 2.67. The Labute approximate surface area is 198 Å². The van der Waals surface area contributed by atoms with Gasteiger partial charge in [-0.3, -0.25) is 14.4 Å². The van der Waals surface area contributed by atoms with Gasteiger partial charge in [0.05, 0.1) is 43.5 Å². The van der Waals surface area contributed by atoms with Crippen LogP contribution in [0.1, 0.15) is 71.5 Å². The molecule has 1 N–H and O–H groups in total. The van der Waals surface area contributed by atoms with Crippen LogP contribution in [-0.4, -0.2) is 41.3 Å². The van der Waals surface area contributed by atoms with Crippen molar-refractivity contribution in [1.82, 2.24) is 0 Å². The zero-order chi connectivity index (χ0) is 24.5. The van der Waals surface area contributed by atoms with Crippen molar-refractivity contribution in [2.24, 2.45) is 22.7 Å². The summed E-state index contributed by atoms with van der Waals surface area (Å²) in [5.74, 6) is -1.92. The summed E-state index contributed by atoms with van der Waals surface area (Å²) in [6.45, 7) is 8.13. The predicted octanol–water partition coefficient (Wildman–Crippen LogP) is 4.20. The lowest BCUT2D eigenvalue weighted by Gasteiger charge is -2.54. The van der Waals surface area contributed by atoms with Crippen LogP contribution in [0.4, 0.5) is 0 Å². The van der Waals surface area contributed by atoms with E-state index in [0.717, 1.165) is 29.6 Å². The largest absolute Gasteiger partial charge is 0.481 e. The van der Waals surface area contributed by atoms with Crippen LogP contribution in [0.3, 0.4) is 0 Å². The number of hydrogen-bond donors (Lipinski definition) is 1. The summed E-state index contributed by atoms with van der Waals surface area (Å²) in [5.41, 5.74) is 1.14. The molecule has 3 aliphatic heterocycles. The maximum absolute atomic E-state index is 12.7. The Morgan fingerprint density at radius 3 is 2.65 bits per heavy atom. The highest BCUT2D eigenvalue weighted by atomic mass is 16.6. The molecule has 8 heteroatoms. The van der Waals surface area contributed by atoms with Crippen LogP contribution < -0.4 is 0 Å². The number of carboxylic acids is 1. The number of carbonyl (C=O) groups excluding carboxylic acids is 2. The molecule has 0 amide bonds. The Morgan fingerprint density at radius 1 is 1.21 bits per heavy atom. The minimum atomic E-state index is -0.897. The Hall–Kier alpha value is -2.61. The van der Waals surface area contributed by atoms with E-state index in [1.165, 1.54) is 0 Å². The highest BCUT2D eigenvalue weighted by Crippen LogP contribution is 2.65. The number of ether oxygens (including phenoxy) is 3. The second-order valence-electron chi connectivity index (χ2n) is 11.1. The lowest BCUT2D eigenvalue weighted by molar-refractivity contribution is -0.171. The molecule has 0 saturated carbocycles. The maximum atomic E-state index is 12.7. The van der Waals surface area contributed by atoms with Crippen molar-refractivity contribution in [2.75, 3.05) is 6.61 Å². The SMILES string of the molecule is CC1=C2CC(=O)O[C@@H](c3ccoc3)[C@]2(C)CC[C@@H]1[C@@]12COC(=O)C[C@@H]1OC(C)(C)[C@@H]2CC(=O)O. The monoisotopic (exact) mass is 472 g/mol. The van der Waals surface area contributed by atoms with Gasteiger partial charge in [-0.1, -0.05) is 12.5 Å². The van der Waals surface area contributed by atoms with Crippen molar-refractivity contribution >= 4 is 17.9 Å². The minimum absolute atomic E-state index is 0.0723. The quantitative estimate of drug-likeness (QED) is 0.512. The third-order valence-electron chi connectivity index (χ3n) is 9.03. The molecule has 3 saturated heterocycles. The third kappa shape index (κ3) is 3.25. The molecule has 4 aliphatic rings. The first-order valence-corrected chi connectivity index (χ1v) is 12.0. The van der Waals surface area contributed by atoms with Crippen molar-refractivity contribution in [3.63, 3.8) is 0 Å². The Morgan fingerprint density at radius 2 is 1.97 bits per heavy atom. The van der Waals surface area contributed by atoms with Crippen molar-refractivity contribution in [3.8, 4) is 0 Å². The number of allylic oxidation sites excluding steroid dienone is 1. The van der Waals surface area contributed by atoms with E-state index < -0.39 is 34.6 Å². The molecule has 0 spiro atoms. The molecule has 184 valence electrons. The van der Waals surface area contributed by atoms with E-state index >= 15 is 0 Å². The number of carboxylic acid groups (broad SMARTS) is 1. The van der Waals surface area contributed by atoms with Gasteiger partial charge in [0.15, 0.2) is 0 Å². The number of aliphatic carboxylic acids is 1. The Kier molecular flexibility index (Phi) is 5.24. The molecule has 8 nitrogen and oxygen atoms in total. The number of fused-ring (bicyclic) bond motifs is 2. The molecule has 0 unspecified atom stereocenters. The van der Waals surface area contributed by atoms with Gasteiger partial charge in [-0.25, -0.2) is 0 Å². The molecule has 0 radical (unpaired) electrons. The zero-order valence-corrected chi connectivity index (χ0v) is 20.1. The van der Waals surface area contributed by atoms with E-state index in [1.807, 2.05) is 26.8 Å². The highest BCUT2D eigenvalue weighted by molar-refractivity contribution is 5.76. The molecule has 3 fully saturated rings. The van der Waals surface area contributed by atoms with Crippen molar-refractivity contribution < 1.29 is 38.1 Å². The zero-order valence-electron chi connectivity index (χ0n) is 20.1. The number of furan rings is 1. The molecule has 0 bridgehead atoms. The van der Waals surface area contributed by atoms with Gasteiger partial charge in [-0.2, -0.15) is 0 Å². The summed E-state index contributed by atoms with van der Waals surface area (Å²) >= 11 is 0. The van der Waals surface area contributed by atoms with Gasteiger partial charge in [0.25, 0.3) is 0 Å². The number of esters is 2. The fourth-order valence-corrected chi connectivity index (χ4v) is 7.53. The van der Waals surface area contributed by atoms with Gasteiger partial charge in [0, 0.05) is 22.3 Å². The molecule has 5 rings (SSSR count). The van der Waals surface area contributed by atoms with Crippen LogP contribution in [0.2, 0.25) is 0 Å². The van der Waals surface area contributed by atoms with Crippen molar-refractivity contribution in [3.05, 3.63) is 35.3 Å². The first-order chi connectivity index (χ1) is 16.0. The molecular weight excluding hydrogens is 440 g/mol. The van der Waals surface area contributed by atoms with Crippen molar-refractivity contribution in [1.29, 1.82) is 0 Å². The molecule has 1 aromatic rings. The molecular formula is C26H32O8. The lowest BCUT2D eigenvalue weighted by atomic mass is 9.52. The molecule has 4 heterocycles. The summed E-state index contributed by atoms with van der Waals surface area (Å²) < 4.78 is 23.2. The lowest BCUT2D eigenvalue weighted by Crippen LogP contribution is -2.55. The van der Waals surface area contributed by atoms with Crippen LogP contribution in [0.25, 0.3) is 0 Å². The topological polar surface area (TPSA) is 112 Å². The first-order valence-electron chi connectivity index (χ1n) is 12.0. The standard InChI is InChI=1S/C26H32O8/c1-14-16(5-7-25(4)17(14)9-22(30)33-23(25)15-6-8-31-12-15)26-13-32-21(29)11-19(26)34-24(2,3)18(26)10-20(27)28/h6,8,12,16,18-19,23H,5,7,9-11,13H2,1-4H3,(H,27,28)/t16-,18-,19-,23-,25+,26+/m0/s1. The summed E-state index contributed by atoms with van der Waals surface area (Å²) in [5, 5.41) is 9.79. The van der Waals surface area contributed by atoms with Crippen LogP contribution >= 0.6 is 0 Å². The average molecular weight is 473 g/mol. The molecule has 6 atom stereocenters. The third-order valence-corrected chi connectivity index (χ3v) is 9.03. The van der Waals surface area contributed by atoms with E-state index in [9.17, 15) is 19.5 Å². The maximum Gasteiger partial charge on any atom is 0.310 e. The van der Waals surface area contributed by atoms with E-state index in [1.54, 1.807) is 12.5 Å². The smallest absolute Gasteiger partial charge is 0.310 e. The van der Waals surface area contributed by atoms with Crippen molar-refractivity contribution in [2.45, 2.75) is 77.6 Å². The number of carbonyl (C=O) groups is 3. The fraction of sp³-hybridized carbons (Fsp3) is 0.654. The number of hydrogen-bond acceptors (Lipinski definition) is 7. The van der Waals surface area contributed by atoms with E-state index in [0.29, 0.717) is 0 Å². The van der Waals surface area contributed by atoms with Gasteiger partial charge < -0.3 is 23.7 Å². The average Bonchev–Trinajstić information content (AvgIpc) is 3.35. The van der Waals surface area contributed by atoms with Gasteiger partial charge in [0.1, 0.15) is 12.7 Å². The normalized spacial score (nSPS) is 39.2. The van der Waals surface area contributed by atoms with E-state index in [2.05, 4.69) is 6.92 Å². The number of cyclic esters (lactones) is 2. The minimum Gasteiger partial charge on any atom is -0.481 e. The van der Waals surface area contributed by atoms with E-state index in [-0.39, 0.29) is 49.6 Å². The predicted molar refractivity (Wildman–Crippen MR) is 118 cm³/mol. The molecule has 0 aromatic carbocycles. The molecule has 1 aliphatic carbocycles. The Bertz CT molecular complexity index is 1050. The van der Waals surface area contributed by atoms with Crippen LogP contribution in [0.5, 0.6) is 0 Å². The second-order valence-corrected chi connectivity index (χ2v) is 11.1. The molecule has 34 heavy (non-hydrogen) atoms. The van der Waals surface area contributed by atoms with Gasteiger partial charge in [-0.05, 0) is 51.2 Å². The second kappa shape index (κ2) is 7.70. The summed E-state index contributed by atoms with van der Waals surface area (Å²) in [6, 6.07) is 1.83. The van der Waals surface area contributed by atoms with Crippen LogP contribution in [0.15, 0.2) is 34.2 Å². The Balaban J connectivity index is 1.63. The summed E-state index contributed by atoms with van der Waals surface area (Å²) in [7, 11) is 0. The van der Waals surface area contributed by atoms with E-state index in [4.69, 9.17) is 18.6 Å². The fourth-order valence-electron chi connectivity index (χ4n) is 7.53. The van der Waals surface area contributed by atoms with Crippen LogP contribution in [0, 0.1) is 22.7 Å². The van der Waals surface area contributed by atoms with Crippen LogP contribution in [-0.2, 0) is 28.6 Å². The van der Waals surface area contributed by atoms with Gasteiger partial charge in [-0.15, -0.1) is 0 Å². The summed E-state index contributed by atoms with van der Waals surface area (Å²) in [4.78, 5) is 36.9. The number of rotatable bonds is 4. The first kappa shape index (κ1) is 23.1.